The molecule has 196 valence electrons. The minimum absolute atomic E-state index is 0.0392. The van der Waals surface area contributed by atoms with Crippen LogP contribution in [0, 0.1) is 12.7 Å². The number of rotatable bonds is 9. The summed E-state index contributed by atoms with van der Waals surface area (Å²) in [6, 6.07) is 10.1. The van der Waals surface area contributed by atoms with Crippen molar-refractivity contribution >= 4 is 43.5 Å². The van der Waals surface area contributed by atoms with E-state index in [0.29, 0.717) is 5.69 Å². The number of sulfonamides is 1. The first-order valence-electron chi connectivity index (χ1n) is 12.0. The Morgan fingerprint density at radius 1 is 1.14 bits per heavy atom. The number of nitrogens with one attached hydrogen (secondary N) is 1. The van der Waals surface area contributed by atoms with Crippen LogP contribution in [0.1, 0.15) is 50.2 Å². The van der Waals surface area contributed by atoms with Crippen LogP contribution < -0.4 is 9.62 Å². The highest BCUT2D eigenvalue weighted by atomic mass is 79.9. The largest absolute Gasteiger partial charge is 0.352 e. The zero-order valence-corrected chi connectivity index (χ0v) is 23.2. The lowest BCUT2D eigenvalue weighted by Crippen LogP contribution is -2.53. The first-order valence-corrected chi connectivity index (χ1v) is 14.7. The van der Waals surface area contributed by atoms with Gasteiger partial charge >= 0.3 is 0 Å². The van der Waals surface area contributed by atoms with Gasteiger partial charge in [-0.2, -0.15) is 0 Å². The number of benzene rings is 2. The van der Waals surface area contributed by atoms with Crippen LogP contribution in [0.15, 0.2) is 46.9 Å². The fourth-order valence-electron chi connectivity index (χ4n) is 4.36. The van der Waals surface area contributed by atoms with Crippen molar-refractivity contribution in [2.45, 2.75) is 64.6 Å². The Labute approximate surface area is 221 Å². The Balaban J connectivity index is 1.89. The molecule has 0 saturated heterocycles. The van der Waals surface area contributed by atoms with E-state index in [9.17, 15) is 22.4 Å². The van der Waals surface area contributed by atoms with Crippen LogP contribution in [0.25, 0.3) is 0 Å². The quantitative estimate of drug-likeness (QED) is 0.471. The summed E-state index contributed by atoms with van der Waals surface area (Å²) >= 11 is 3.40. The number of amides is 2. The average molecular weight is 583 g/mol. The number of carbonyl (C=O) groups excluding carboxylic acids is 2. The zero-order valence-electron chi connectivity index (χ0n) is 20.8. The van der Waals surface area contributed by atoms with Gasteiger partial charge < -0.3 is 10.2 Å². The Kier molecular flexibility index (Phi) is 9.52. The van der Waals surface area contributed by atoms with Gasteiger partial charge in [0.2, 0.25) is 21.8 Å². The summed E-state index contributed by atoms with van der Waals surface area (Å²) in [5.41, 5.74) is 1.38. The average Bonchev–Trinajstić information content (AvgIpc) is 2.83. The lowest BCUT2D eigenvalue weighted by molar-refractivity contribution is -0.139. The van der Waals surface area contributed by atoms with Crippen molar-refractivity contribution in [1.29, 1.82) is 0 Å². The summed E-state index contributed by atoms with van der Waals surface area (Å²) in [6.07, 6.45) is 5.99. The molecule has 1 N–H and O–H groups in total. The highest BCUT2D eigenvalue weighted by molar-refractivity contribution is 9.10. The first-order chi connectivity index (χ1) is 17.0. The molecule has 0 aliphatic heterocycles. The number of hydrogen-bond donors (Lipinski definition) is 1. The molecule has 10 heteroatoms. The maximum Gasteiger partial charge on any atom is 0.244 e. The molecule has 2 amide bonds. The van der Waals surface area contributed by atoms with Gasteiger partial charge in [-0.25, -0.2) is 12.8 Å². The van der Waals surface area contributed by atoms with Crippen LogP contribution in [-0.4, -0.2) is 50.0 Å². The maximum atomic E-state index is 14.5. The Bertz CT molecular complexity index is 1200. The molecule has 1 aliphatic rings. The molecule has 7 nitrogen and oxygen atoms in total. The van der Waals surface area contributed by atoms with E-state index in [0.717, 1.165) is 52.7 Å². The van der Waals surface area contributed by atoms with Crippen molar-refractivity contribution < 1.29 is 22.4 Å². The monoisotopic (exact) mass is 581 g/mol. The van der Waals surface area contributed by atoms with Gasteiger partial charge in [0.05, 0.1) is 11.9 Å². The molecular weight excluding hydrogens is 549 g/mol. The van der Waals surface area contributed by atoms with Crippen LogP contribution in [0.4, 0.5) is 10.1 Å². The van der Waals surface area contributed by atoms with Crippen LogP contribution in [0.3, 0.4) is 0 Å². The van der Waals surface area contributed by atoms with Crippen molar-refractivity contribution in [3.63, 3.8) is 0 Å². The standard InChI is InChI=1S/C26H33BrFN3O4S/c1-18-15-22(13-14-23(18)27)31(36(3,34)35)17-25(32)30(16-20-9-7-8-12-24(20)28)19(2)26(33)29-21-10-5-4-6-11-21/h7-9,12-15,19,21H,4-6,10-11,16-17H2,1-3H3,(H,29,33)/t19-/m0/s1. The van der Waals surface area contributed by atoms with Crippen LogP contribution in [0.5, 0.6) is 0 Å². The number of nitrogens with zero attached hydrogens (tertiary/aromatic N) is 2. The minimum atomic E-state index is -3.83. The number of anilines is 1. The molecule has 0 aromatic heterocycles. The van der Waals surface area contributed by atoms with E-state index in [2.05, 4.69) is 21.2 Å². The highest BCUT2D eigenvalue weighted by Gasteiger charge is 2.31. The minimum Gasteiger partial charge on any atom is -0.352 e. The fraction of sp³-hybridized carbons (Fsp3) is 0.462. The molecule has 2 aromatic rings. The SMILES string of the molecule is Cc1cc(N(CC(=O)N(Cc2ccccc2F)[C@@H](C)C(=O)NC2CCCCC2)S(C)(=O)=O)ccc1Br. The molecule has 3 rings (SSSR count). The van der Waals surface area contributed by atoms with Crippen LogP contribution in [0.2, 0.25) is 0 Å². The molecule has 36 heavy (non-hydrogen) atoms. The van der Waals surface area contributed by atoms with Gasteiger partial charge in [0.15, 0.2) is 0 Å². The van der Waals surface area contributed by atoms with E-state index >= 15 is 0 Å². The molecule has 1 atom stereocenters. The normalized spacial score (nSPS) is 15.2. The van der Waals surface area contributed by atoms with Gasteiger partial charge in [0, 0.05) is 22.6 Å². The Hall–Kier alpha value is -2.46. The molecule has 1 saturated carbocycles. The van der Waals surface area contributed by atoms with Gasteiger partial charge in [0.1, 0.15) is 18.4 Å². The predicted molar refractivity (Wildman–Crippen MR) is 142 cm³/mol. The number of halogens is 2. The molecule has 0 radical (unpaired) electrons. The van der Waals surface area contributed by atoms with Crippen molar-refractivity contribution in [3.8, 4) is 0 Å². The molecule has 0 heterocycles. The van der Waals surface area contributed by atoms with Gasteiger partial charge in [-0.1, -0.05) is 53.4 Å². The van der Waals surface area contributed by atoms with Crippen molar-refractivity contribution in [2.75, 3.05) is 17.1 Å². The topological polar surface area (TPSA) is 86.8 Å². The molecule has 2 aromatic carbocycles. The summed E-state index contributed by atoms with van der Waals surface area (Å²) in [5, 5.41) is 3.02. The molecule has 1 aliphatic carbocycles. The summed E-state index contributed by atoms with van der Waals surface area (Å²) in [5.74, 6) is -1.44. The van der Waals surface area contributed by atoms with E-state index in [1.807, 2.05) is 6.92 Å². The summed E-state index contributed by atoms with van der Waals surface area (Å²) in [6.45, 7) is 2.72. The highest BCUT2D eigenvalue weighted by Crippen LogP contribution is 2.25. The number of hydrogen-bond acceptors (Lipinski definition) is 4. The molecular formula is C26H33BrFN3O4S. The maximum absolute atomic E-state index is 14.5. The van der Waals surface area contributed by atoms with Gasteiger partial charge in [-0.3, -0.25) is 13.9 Å². The van der Waals surface area contributed by atoms with Gasteiger partial charge in [-0.15, -0.1) is 0 Å². The third-order valence-electron chi connectivity index (χ3n) is 6.53. The van der Waals surface area contributed by atoms with Crippen molar-refractivity contribution in [2.24, 2.45) is 0 Å². The van der Waals surface area contributed by atoms with Gasteiger partial charge in [-0.05, 0) is 56.5 Å². The van der Waals surface area contributed by atoms with E-state index in [1.54, 1.807) is 43.3 Å². The second-order valence-corrected chi connectivity index (χ2v) is 12.1. The first kappa shape index (κ1) is 28.1. The lowest BCUT2D eigenvalue weighted by Gasteiger charge is -2.33. The molecule has 0 bridgehead atoms. The molecule has 0 spiro atoms. The van der Waals surface area contributed by atoms with Gasteiger partial charge in [0.25, 0.3) is 0 Å². The Morgan fingerprint density at radius 3 is 2.42 bits per heavy atom. The van der Waals surface area contributed by atoms with E-state index in [4.69, 9.17) is 0 Å². The van der Waals surface area contributed by atoms with Crippen LogP contribution in [-0.2, 0) is 26.2 Å². The number of aryl methyl sites for hydroxylation is 1. The third-order valence-corrected chi connectivity index (χ3v) is 8.56. The third kappa shape index (κ3) is 7.29. The smallest absolute Gasteiger partial charge is 0.244 e. The van der Waals surface area contributed by atoms with E-state index in [1.165, 1.54) is 11.0 Å². The fourth-order valence-corrected chi connectivity index (χ4v) is 5.45. The summed E-state index contributed by atoms with van der Waals surface area (Å²) in [7, 11) is -3.83. The molecule has 1 fully saturated rings. The van der Waals surface area contributed by atoms with Crippen molar-refractivity contribution in [1.82, 2.24) is 10.2 Å². The summed E-state index contributed by atoms with van der Waals surface area (Å²) in [4.78, 5) is 28.0. The van der Waals surface area contributed by atoms with Crippen molar-refractivity contribution in [3.05, 3.63) is 63.9 Å². The molecule has 0 unspecified atom stereocenters. The number of carbonyl (C=O) groups is 2. The second kappa shape index (κ2) is 12.2. The zero-order chi connectivity index (χ0) is 26.5. The summed E-state index contributed by atoms with van der Waals surface area (Å²) < 4.78 is 41.7. The predicted octanol–water partition coefficient (Wildman–Crippen LogP) is 4.53. The second-order valence-electron chi connectivity index (χ2n) is 9.34. The Morgan fingerprint density at radius 2 is 1.81 bits per heavy atom. The van der Waals surface area contributed by atoms with Crippen LogP contribution >= 0.6 is 15.9 Å². The van der Waals surface area contributed by atoms with E-state index in [-0.39, 0.29) is 24.1 Å². The van der Waals surface area contributed by atoms with E-state index < -0.39 is 34.3 Å². The lowest BCUT2D eigenvalue weighted by atomic mass is 9.95.